The number of ether oxygens (including phenoxy) is 1. The molecule has 8 heteroatoms. The molecule has 0 aliphatic heterocycles. The Morgan fingerprint density at radius 2 is 1.96 bits per heavy atom. The van der Waals surface area contributed by atoms with Gasteiger partial charge in [0.15, 0.2) is 0 Å². The summed E-state index contributed by atoms with van der Waals surface area (Å²) >= 11 is 0. The largest absolute Gasteiger partial charge is 0.466 e. The zero-order chi connectivity index (χ0) is 17.6. The fourth-order valence-electron chi connectivity index (χ4n) is 1.99. The molecule has 0 fully saturated rings. The number of primary amides is 1. The predicted octanol–water partition coefficient (Wildman–Crippen LogP) is 1.14. The zero-order valence-corrected chi connectivity index (χ0v) is 12.8. The van der Waals surface area contributed by atoms with Crippen LogP contribution in [0.4, 0.5) is 8.78 Å². The second-order valence-electron chi connectivity index (χ2n) is 4.96. The van der Waals surface area contributed by atoms with Crippen molar-refractivity contribution >= 4 is 17.8 Å². The Morgan fingerprint density at radius 1 is 1.30 bits per heavy atom. The fourth-order valence-corrected chi connectivity index (χ4v) is 1.99. The van der Waals surface area contributed by atoms with E-state index < -0.39 is 46.9 Å². The highest BCUT2D eigenvalue weighted by Gasteiger charge is 2.28. The fraction of sp³-hybridized carbons (Fsp3) is 0.400. The molecule has 0 aliphatic rings. The second-order valence-corrected chi connectivity index (χ2v) is 4.96. The van der Waals surface area contributed by atoms with Crippen LogP contribution in [0.15, 0.2) is 18.2 Å². The van der Waals surface area contributed by atoms with Crippen molar-refractivity contribution in [1.29, 1.82) is 0 Å². The highest BCUT2D eigenvalue weighted by molar-refractivity contribution is 5.97. The minimum Gasteiger partial charge on any atom is -0.466 e. The number of esters is 1. The molecule has 0 spiro atoms. The zero-order valence-electron chi connectivity index (χ0n) is 12.8. The first-order chi connectivity index (χ1) is 10.8. The summed E-state index contributed by atoms with van der Waals surface area (Å²) in [4.78, 5) is 34.9. The average molecular weight is 328 g/mol. The van der Waals surface area contributed by atoms with Crippen molar-refractivity contribution in [1.82, 2.24) is 5.32 Å². The minimum absolute atomic E-state index is 0.145. The van der Waals surface area contributed by atoms with E-state index in [1.54, 1.807) is 6.92 Å². The Bertz CT molecular complexity index is 607. The summed E-state index contributed by atoms with van der Waals surface area (Å²) < 4.78 is 31.2. The highest BCUT2D eigenvalue weighted by atomic mass is 19.1. The third kappa shape index (κ3) is 5.32. The van der Waals surface area contributed by atoms with Gasteiger partial charge in [-0.15, -0.1) is 0 Å². The first kappa shape index (κ1) is 18.5. The summed E-state index contributed by atoms with van der Waals surface area (Å²) in [6.45, 7) is 3.33. The Hall–Kier alpha value is -2.51. The molecule has 0 unspecified atom stereocenters. The molecule has 6 nitrogen and oxygen atoms in total. The maximum atomic E-state index is 13.6. The molecule has 0 saturated heterocycles. The van der Waals surface area contributed by atoms with Crippen LogP contribution in [0.2, 0.25) is 0 Å². The summed E-state index contributed by atoms with van der Waals surface area (Å²) in [6, 6.07) is 1.22. The van der Waals surface area contributed by atoms with Crippen molar-refractivity contribution in [3.63, 3.8) is 0 Å². The molecule has 1 rings (SSSR count). The number of hydrogen-bond acceptors (Lipinski definition) is 4. The Labute approximate surface area is 132 Å². The predicted molar refractivity (Wildman–Crippen MR) is 77.2 cm³/mol. The lowest BCUT2D eigenvalue weighted by molar-refractivity contribution is -0.144. The van der Waals surface area contributed by atoms with Crippen LogP contribution >= 0.6 is 0 Å². The standard InChI is InChI=1S/C15H18F2N2O4/c1-3-23-12(20)6-8(2)13(14(18)21)19-15(22)10-5-4-9(16)7-11(10)17/h4-5,7-8,13H,3,6H2,1-2H3,(H2,18,21)(H,19,22)/t8-,13+/m1/s1. The summed E-state index contributed by atoms with van der Waals surface area (Å²) in [5.74, 6) is -4.91. The molecule has 1 aromatic rings. The van der Waals surface area contributed by atoms with Gasteiger partial charge in [-0.2, -0.15) is 0 Å². The SMILES string of the molecule is CCOC(=O)C[C@@H](C)[C@H](NC(=O)c1ccc(F)cc1F)C(N)=O. The molecule has 1 aromatic carbocycles. The number of carbonyl (C=O) groups is 3. The third-order valence-electron chi connectivity index (χ3n) is 3.13. The van der Waals surface area contributed by atoms with E-state index in [1.807, 2.05) is 0 Å². The van der Waals surface area contributed by atoms with E-state index in [0.29, 0.717) is 6.07 Å². The number of halogens is 2. The van der Waals surface area contributed by atoms with E-state index in [1.165, 1.54) is 6.92 Å². The van der Waals surface area contributed by atoms with Crippen molar-refractivity contribution in [2.75, 3.05) is 6.61 Å². The lowest BCUT2D eigenvalue weighted by Gasteiger charge is -2.21. The Balaban J connectivity index is 2.84. The number of benzene rings is 1. The number of carbonyl (C=O) groups excluding carboxylic acids is 3. The van der Waals surface area contributed by atoms with Crippen molar-refractivity contribution in [2.24, 2.45) is 11.7 Å². The first-order valence-corrected chi connectivity index (χ1v) is 6.97. The normalized spacial score (nSPS) is 13.0. The summed E-state index contributed by atoms with van der Waals surface area (Å²) in [5.41, 5.74) is 4.79. The summed E-state index contributed by atoms with van der Waals surface area (Å²) in [7, 11) is 0. The van der Waals surface area contributed by atoms with Gasteiger partial charge in [0.1, 0.15) is 17.7 Å². The van der Waals surface area contributed by atoms with Crippen molar-refractivity contribution in [3.8, 4) is 0 Å². The maximum Gasteiger partial charge on any atom is 0.306 e. The van der Waals surface area contributed by atoms with Gasteiger partial charge in [0.05, 0.1) is 18.6 Å². The van der Waals surface area contributed by atoms with Crippen LogP contribution in [0.1, 0.15) is 30.6 Å². The topological polar surface area (TPSA) is 98.5 Å². The van der Waals surface area contributed by atoms with Gasteiger partial charge in [-0.1, -0.05) is 6.92 Å². The van der Waals surface area contributed by atoms with E-state index >= 15 is 0 Å². The molecule has 0 radical (unpaired) electrons. The van der Waals surface area contributed by atoms with Gasteiger partial charge in [0, 0.05) is 6.07 Å². The second kappa shape index (κ2) is 8.21. The van der Waals surface area contributed by atoms with Gasteiger partial charge in [-0.3, -0.25) is 14.4 Å². The van der Waals surface area contributed by atoms with Gasteiger partial charge in [0.2, 0.25) is 5.91 Å². The van der Waals surface area contributed by atoms with E-state index in [4.69, 9.17) is 10.5 Å². The third-order valence-corrected chi connectivity index (χ3v) is 3.13. The maximum absolute atomic E-state index is 13.6. The van der Waals surface area contributed by atoms with Crippen LogP contribution < -0.4 is 11.1 Å². The number of amides is 2. The van der Waals surface area contributed by atoms with Crippen LogP contribution in [0.3, 0.4) is 0 Å². The van der Waals surface area contributed by atoms with Crippen molar-refractivity contribution in [2.45, 2.75) is 26.3 Å². The number of rotatable bonds is 7. The van der Waals surface area contributed by atoms with E-state index in [2.05, 4.69) is 5.32 Å². The number of nitrogens with two attached hydrogens (primary N) is 1. The highest BCUT2D eigenvalue weighted by Crippen LogP contribution is 2.13. The summed E-state index contributed by atoms with van der Waals surface area (Å²) in [5, 5.41) is 2.26. The van der Waals surface area contributed by atoms with Gasteiger partial charge < -0.3 is 15.8 Å². The lowest BCUT2D eigenvalue weighted by Crippen LogP contribution is -2.49. The molecule has 0 aromatic heterocycles. The van der Waals surface area contributed by atoms with Crippen LogP contribution in [-0.2, 0) is 14.3 Å². The molecule has 2 amide bonds. The molecule has 0 aliphatic carbocycles. The lowest BCUT2D eigenvalue weighted by atomic mass is 9.97. The Morgan fingerprint density at radius 3 is 2.48 bits per heavy atom. The monoisotopic (exact) mass is 328 g/mol. The van der Waals surface area contributed by atoms with Crippen LogP contribution in [0.5, 0.6) is 0 Å². The van der Waals surface area contributed by atoms with Gasteiger partial charge in [-0.25, -0.2) is 8.78 Å². The van der Waals surface area contributed by atoms with E-state index in [0.717, 1.165) is 12.1 Å². The molecule has 0 heterocycles. The van der Waals surface area contributed by atoms with E-state index in [9.17, 15) is 23.2 Å². The molecule has 23 heavy (non-hydrogen) atoms. The van der Waals surface area contributed by atoms with Gasteiger partial charge >= 0.3 is 5.97 Å². The van der Waals surface area contributed by atoms with Gasteiger partial charge in [-0.05, 0) is 25.0 Å². The quantitative estimate of drug-likeness (QED) is 0.733. The molecule has 2 atom stereocenters. The van der Waals surface area contributed by atoms with Gasteiger partial charge in [0.25, 0.3) is 5.91 Å². The van der Waals surface area contributed by atoms with Crippen molar-refractivity contribution in [3.05, 3.63) is 35.4 Å². The van der Waals surface area contributed by atoms with Crippen LogP contribution in [0, 0.1) is 17.6 Å². The molecular formula is C15H18F2N2O4. The summed E-state index contributed by atoms with van der Waals surface area (Å²) in [6.07, 6.45) is -0.145. The van der Waals surface area contributed by atoms with Crippen LogP contribution in [0.25, 0.3) is 0 Å². The molecular weight excluding hydrogens is 310 g/mol. The molecule has 3 N–H and O–H groups in total. The number of hydrogen-bond donors (Lipinski definition) is 2. The smallest absolute Gasteiger partial charge is 0.306 e. The van der Waals surface area contributed by atoms with E-state index in [-0.39, 0.29) is 13.0 Å². The van der Waals surface area contributed by atoms with Crippen molar-refractivity contribution < 1.29 is 27.9 Å². The molecule has 0 bridgehead atoms. The molecule has 0 saturated carbocycles. The molecule has 126 valence electrons. The average Bonchev–Trinajstić information content (AvgIpc) is 2.44. The van der Waals surface area contributed by atoms with Crippen LogP contribution in [-0.4, -0.2) is 30.4 Å². The minimum atomic E-state index is -1.20. The number of nitrogens with one attached hydrogen (secondary N) is 1. The first-order valence-electron chi connectivity index (χ1n) is 6.97. The Kier molecular flexibility index (Phi) is 6.62.